The Morgan fingerprint density at radius 2 is 0.745 bits per heavy atom. The molecule has 149 heavy (non-hydrogen) atoms. The summed E-state index contributed by atoms with van der Waals surface area (Å²) in [4.78, 5) is 53.3. The zero-order valence-corrected chi connectivity index (χ0v) is 101. The number of benzene rings is 5. The van der Waals surface area contributed by atoms with Crippen LogP contribution in [0.5, 0.6) is 0 Å². The smallest absolute Gasteiger partial charge is 0.444 e. The number of alkyl halides is 1. The van der Waals surface area contributed by atoms with E-state index in [1.54, 1.807) is 14.7 Å². The van der Waals surface area contributed by atoms with Crippen LogP contribution in [0.4, 0.5) is 14.4 Å². The molecule has 6 aliphatic heterocycles. The predicted molar refractivity (Wildman–Crippen MR) is 621 cm³/mol. The Balaban J connectivity index is 0.000000188. The van der Waals surface area contributed by atoms with E-state index in [2.05, 4.69) is 276 Å². The summed E-state index contributed by atoms with van der Waals surface area (Å²) in [5, 5.41) is 33.6. The van der Waals surface area contributed by atoms with Crippen LogP contribution >= 0.6 is 90.7 Å². The van der Waals surface area contributed by atoms with E-state index in [9.17, 15) is 14.4 Å². The summed E-state index contributed by atoms with van der Waals surface area (Å²) in [5.74, 6) is 0.729. The maximum Gasteiger partial charge on any atom is 0.494 e. The van der Waals surface area contributed by atoms with E-state index in [1.807, 2.05) is 145 Å². The van der Waals surface area contributed by atoms with Gasteiger partial charge in [-0.2, -0.15) is 25.5 Å². The van der Waals surface area contributed by atoms with Gasteiger partial charge in [-0.3, -0.25) is 23.8 Å². The molecule has 0 spiro atoms. The van der Waals surface area contributed by atoms with Crippen molar-refractivity contribution in [2.45, 2.75) is 267 Å². The van der Waals surface area contributed by atoms with Gasteiger partial charge in [0.05, 0.1) is 104 Å². The van der Waals surface area contributed by atoms with Gasteiger partial charge >= 0.3 is 39.6 Å². The number of ether oxygens (including phenoxy) is 3. The lowest BCUT2D eigenvalue weighted by atomic mass is 9.73. The first-order valence-electron chi connectivity index (χ1n) is 51.4. The fraction of sp³-hybridized carbons (Fsp3) is 0.578. The van der Waals surface area contributed by atoms with Crippen LogP contribution in [0, 0.1) is 0 Å². The molecule has 0 bridgehead atoms. The van der Waals surface area contributed by atoms with Gasteiger partial charge in [0.15, 0.2) is 0 Å². The lowest BCUT2D eigenvalue weighted by molar-refractivity contribution is 0.00578. The molecule has 0 saturated carbocycles. The summed E-state index contributed by atoms with van der Waals surface area (Å²) in [6.45, 7) is 53.2. The Morgan fingerprint density at radius 3 is 1.12 bits per heavy atom. The third kappa shape index (κ3) is 33.5. The highest BCUT2D eigenvalue weighted by atomic mass is 79.9. The first kappa shape index (κ1) is 123. The minimum atomic E-state index is -0.508. The quantitative estimate of drug-likeness (QED) is 0.0422. The number of H-pyrrole nitrogens is 1. The predicted octanol–water partition coefficient (Wildman–Crippen LogP) is 22.4. The molecule has 40 heteroatoms. The normalized spacial score (nSPS) is 17.8. The number of carbonyl (C=O) groups excluding carboxylic acids is 3. The second-order valence-electron chi connectivity index (χ2n) is 46.0. The molecule has 30 nitrogen and oxygen atoms in total. The minimum absolute atomic E-state index is 0. The number of rotatable bonds is 20. The summed E-state index contributed by atoms with van der Waals surface area (Å²) >= 11 is 30.1. The van der Waals surface area contributed by atoms with Gasteiger partial charge in [-0.25, -0.2) is 14.4 Å². The molecule has 11 heterocycles. The fourth-order valence-electron chi connectivity index (χ4n) is 16.8. The SMILES string of the molecule is CC1(C)OB(C2=CCCCC2)OC1(C)C.CN(C)CCCl.CN(C)CCn1nc(Br)c2cc(Cl)ccc21.CN(C)CCn1nc(C2=CCN(C(=O)OC(C)(C)C)CC2)c2cc(B3OC(C)(C)C(C)(C)O3)ccc21.CN(C)CCn1nc(C2=CCN(C(=O)OC(C)(C)C)CC2)c2cc(Cl)ccc21.CN(C)CCn1nc2ccc(B3OC(C)(C)C(C)(C)O3)cc2c1C1=CCN(C(=O)OC(C)(C)C)CC1.Cl.Clc1ccc2n[nH]c(Br)c2c1. The number of likely N-dealkylation sites (N-methyl/N-ethyl adjacent to an activating group) is 4. The van der Waals surface area contributed by atoms with E-state index in [-0.39, 0.29) is 49.0 Å². The van der Waals surface area contributed by atoms with Gasteiger partial charge < -0.3 is 81.3 Å². The third-order valence-corrected chi connectivity index (χ3v) is 29.4. The summed E-state index contributed by atoms with van der Waals surface area (Å²) in [7, 11) is 19.5. The standard InChI is InChI=1S/2C27H41BN4O4.C21H29ClN4O2.C12H21BO2.C11H13BrClN3.C7H4BrClN2.C4H10ClN.ClH/c1-25(2,3)34-24(33)31-14-12-19(13-15-31)23-21-18-20(28-35-26(4,5)27(6,7)36-28)10-11-22(21)32(29-23)17-16-30(8)9;1-25(2,3)34-24(33)31-14-12-19(13-15-31)23-21-18-20(28-35-26(4,5)27(6,7)36-28)10-11-22(21)29-32(23)17-16-30(8)9;1-21(2,3)28-20(27)25-10-8-15(9-11-25)19-17-14-16(22)6-7-18(17)26(23-19)13-12-24(4)5;1-11(2)12(3,4)15-13(14-11)10-8-6-5-7-9-10;1-15(2)5-6-16-10-4-3-8(13)7-9(10)11(12)14-16;8-7-5-3-4(9)1-2-6(5)10-11-7;1-6(2)4-3-5;/h2*10-12,18H,13-17H2,1-9H3;6-8,14H,9-13H2,1-5H3;8H,5-7,9H2,1-4H3;3-4,7H,5-6H2,1-2H3;1-3H,(H,10,11);3-4H2,1-2H3;1H. The Bertz CT molecular complexity index is 6280. The monoisotopic (exact) mass is 2280 g/mol. The number of halogens is 7. The molecule has 3 amide bonds. The Kier molecular flexibility index (Phi) is 42.9. The van der Waals surface area contributed by atoms with Gasteiger partial charge in [0.1, 0.15) is 26.0 Å². The Morgan fingerprint density at radius 1 is 0.403 bits per heavy atom. The molecule has 0 atom stereocenters. The van der Waals surface area contributed by atoms with Crippen LogP contribution in [0.2, 0.25) is 15.1 Å². The number of carbonyl (C=O) groups is 3. The van der Waals surface area contributed by atoms with Gasteiger partial charge in [0.25, 0.3) is 0 Å². The molecule has 0 radical (unpaired) electrons. The first-order valence-corrected chi connectivity index (χ1v) is 54.6. The molecule has 816 valence electrons. The van der Waals surface area contributed by atoms with Gasteiger partial charge in [0.2, 0.25) is 0 Å². The summed E-state index contributed by atoms with van der Waals surface area (Å²) in [6.07, 6.45) is 14.9. The van der Waals surface area contributed by atoms with Crippen molar-refractivity contribution in [1.82, 2.24) is 88.5 Å². The third-order valence-electron chi connectivity index (χ3n) is 27.4. The van der Waals surface area contributed by atoms with E-state index >= 15 is 0 Å². The summed E-state index contributed by atoms with van der Waals surface area (Å²) in [6, 6.07) is 29.9. The van der Waals surface area contributed by atoms with Gasteiger partial charge in [-0.15, -0.1) is 24.0 Å². The van der Waals surface area contributed by atoms with Crippen LogP contribution in [-0.4, -0.2) is 327 Å². The lowest BCUT2D eigenvalue weighted by Gasteiger charge is -2.32. The number of nitrogens with zero attached hydrogens (tertiary/aromatic N) is 17. The van der Waals surface area contributed by atoms with Crippen molar-refractivity contribution in [3.05, 3.63) is 162 Å². The average Bonchev–Trinajstić information content (AvgIpc) is 1.59. The van der Waals surface area contributed by atoms with E-state index in [1.165, 1.54) is 30.3 Å². The minimum Gasteiger partial charge on any atom is -0.444 e. The molecule has 3 saturated heterocycles. The van der Waals surface area contributed by atoms with Crippen LogP contribution in [0.1, 0.15) is 207 Å². The Labute approximate surface area is 927 Å². The molecule has 17 rings (SSSR count). The molecule has 10 aromatic rings. The zero-order valence-electron chi connectivity index (χ0n) is 93.6. The van der Waals surface area contributed by atoms with Crippen molar-refractivity contribution >= 4 is 212 Å². The number of amides is 3. The molecular weight excluding hydrogens is 2120 g/mol. The zero-order chi connectivity index (χ0) is 109. The van der Waals surface area contributed by atoms with E-state index in [0.717, 1.165) is 203 Å². The van der Waals surface area contributed by atoms with E-state index < -0.39 is 53.4 Å². The number of hydrogen-bond donors (Lipinski definition) is 1. The number of aromatic nitrogens is 10. The van der Waals surface area contributed by atoms with Crippen molar-refractivity contribution < 1.29 is 56.5 Å². The summed E-state index contributed by atoms with van der Waals surface area (Å²) in [5.41, 5.74) is 11.5. The van der Waals surface area contributed by atoms with Crippen LogP contribution in [0.3, 0.4) is 0 Å². The molecule has 0 unspecified atom stereocenters. The number of hydrogen-bond acceptors (Lipinski definition) is 22. The molecular formula is C109H160B3Br2Cl5N18O12. The largest absolute Gasteiger partial charge is 0.494 e. The van der Waals surface area contributed by atoms with Crippen molar-refractivity contribution in [2.75, 3.05) is 148 Å². The van der Waals surface area contributed by atoms with Crippen LogP contribution in [0.25, 0.3) is 71.2 Å². The fourth-order valence-corrected chi connectivity index (χ4v) is 18.6. The maximum atomic E-state index is 12.6. The van der Waals surface area contributed by atoms with Crippen molar-refractivity contribution in [2.24, 2.45) is 0 Å². The molecule has 5 aromatic heterocycles. The van der Waals surface area contributed by atoms with Gasteiger partial charge in [-0.05, 0) is 393 Å². The van der Waals surface area contributed by atoms with Crippen LogP contribution < -0.4 is 10.9 Å². The van der Waals surface area contributed by atoms with E-state index in [4.69, 9.17) is 104 Å². The van der Waals surface area contributed by atoms with Crippen molar-refractivity contribution in [3.63, 3.8) is 0 Å². The van der Waals surface area contributed by atoms with Crippen molar-refractivity contribution in [1.29, 1.82) is 0 Å². The van der Waals surface area contributed by atoms with Crippen LogP contribution in [-0.2, 0) is 68.3 Å². The molecule has 7 aliphatic rings. The number of fused-ring (bicyclic) bond motifs is 5. The van der Waals surface area contributed by atoms with E-state index in [0.29, 0.717) is 44.3 Å². The summed E-state index contributed by atoms with van der Waals surface area (Å²) < 4.78 is 63.9. The first-order chi connectivity index (χ1) is 69.0. The Hall–Kier alpha value is -7.62. The number of nitrogens with one attached hydrogen (secondary N) is 1. The molecule has 3 fully saturated rings. The number of allylic oxidation sites excluding steroid dienone is 2. The topological polar surface area (TPSA) is 260 Å². The highest BCUT2D eigenvalue weighted by Gasteiger charge is 2.55. The second-order valence-corrected chi connectivity index (χ2v) is 49.2. The van der Waals surface area contributed by atoms with Crippen LogP contribution in [0.15, 0.2) is 130 Å². The highest BCUT2D eigenvalue weighted by molar-refractivity contribution is 9.10. The van der Waals surface area contributed by atoms with Gasteiger partial charge in [0, 0.05) is 120 Å². The van der Waals surface area contributed by atoms with Crippen molar-refractivity contribution in [3.8, 4) is 0 Å². The maximum absolute atomic E-state index is 12.6. The molecule has 1 aliphatic carbocycles. The number of aromatic amines is 1. The second kappa shape index (κ2) is 51.8. The van der Waals surface area contributed by atoms with Gasteiger partial charge in [-0.1, -0.05) is 83.4 Å². The molecule has 1 N–H and O–H groups in total. The molecule has 5 aromatic carbocycles. The average molecular weight is 2280 g/mol. The lowest BCUT2D eigenvalue weighted by Crippen LogP contribution is -2.41. The highest BCUT2D eigenvalue weighted by Crippen LogP contribution is 2.44.